The van der Waals surface area contributed by atoms with Gasteiger partial charge in [0.2, 0.25) is 0 Å². The Labute approximate surface area is 137 Å². The molecule has 1 aromatic heterocycles. The van der Waals surface area contributed by atoms with Gasteiger partial charge in [0.25, 0.3) is 5.91 Å². The average molecular weight is 341 g/mol. The highest BCUT2D eigenvalue weighted by Crippen LogP contribution is 2.41. The van der Waals surface area contributed by atoms with Crippen molar-refractivity contribution in [1.29, 1.82) is 0 Å². The maximum absolute atomic E-state index is 12.3. The number of aromatic nitrogens is 1. The molecule has 3 nitrogen and oxygen atoms in total. The fraction of sp³-hybridized carbons (Fsp3) is 0.333. The summed E-state index contributed by atoms with van der Waals surface area (Å²) in [6, 6.07) is 5.20. The molecule has 1 heterocycles. The van der Waals surface area contributed by atoms with Gasteiger partial charge in [-0.25, -0.2) is 4.98 Å². The maximum atomic E-state index is 12.3. The lowest BCUT2D eigenvalue weighted by Crippen LogP contribution is -2.26. The predicted octanol–water partition coefficient (Wildman–Crippen LogP) is 4.82. The number of nitrogens with zero attached hydrogens (tertiary/aromatic N) is 1. The van der Waals surface area contributed by atoms with Crippen LogP contribution in [0, 0.1) is 0 Å². The average Bonchev–Trinajstić information content (AvgIpc) is 3.19. The SMILES string of the molecule is CC(NC(=O)c1cnc(C2CC2)s1)c1cccc(Cl)c1Cl. The number of hydrogen-bond acceptors (Lipinski definition) is 3. The van der Waals surface area contributed by atoms with Crippen molar-refractivity contribution in [2.24, 2.45) is 0 Å². The molecular weight excluding hydrogens is 327 g/mol. The van der Waals surface area contributed by atoms with Crippen molar-refractivity contribution < 1.29 is 4.79 Å². The Morgan fingerprint density at radius 3 is 2.90 bits per heavy atom. The first kappa shape index (κ1) is 14.8. The minimum absolute atomic E-state index is 0.122. The van der Waals surface area contributed by atoms with E-state index in [4.69, 9.17) is 23.2 Å². The number of carbonyl (C=O) groups is 1. The van der Waals surface area contributed by atoms with E-state index in [0.29, 0.717) is 20.8 Å². The zero-order valence-corrected chi connectivity index (χ0v) is 13.7. The first-order valence-electron chi connectivity index (χ1n) is 6.76. The number of nitrogens with one attached hydrogen (secondary N) is 1. The number of rotatable bonds is 4. The number of halogens is 2. The Bertz CT molecular complexity index is 682. The second-order valence-corrected chi connectivity index (χ2v) is 7.02. The molecule has 0 aliphatic heterocycles. The van der Waals surface area contributed by atoms with Crippen molar-refractivity contribution in [2.75, 3.05) is 0 Å². The van der Waals surface area contributed by atoms with Crippen LogP contribution in [-0.2, 0) is 0 Å². The van der Waals surface area contributed by atoms with Crippen molar-refractivity contribution in [3.05, 3.63) is 49.9 Å². The van der Waals surface area contributed by atoms with Crippen LogP contribution in [0.1, 0.15) is 52.0 Å². The minimum Gasteiger partial charge on any atom is -0.345 e. The molecule has 6 heteroatoms. The summed E-state index contributed by atoms with van der Waals surface area (Å²) in [5.41, 5.74) is 0.810. The lowest BCUT2D eigenvalue weighted by molar-refractivity contribution is 0.0944. The monoisotopic (exact) mass is 340 g/mol. The van der Waals surface area contributed by atoms with E-state index in [1.807, 2.05) is 19.1 Å². The highest BCUT2D eigenvalue weighted by atomic mass is 35.5. The second-order valence-electron chi connectivity index (χ2n) is 5.18. The summed E-state index contributed by atoms with van der Waals surface area (Å²) in [7, 11) is 0. The van der Waals surface area contributed by atoms with Gasteiger partial charge in [0.05, 0.1) is 27.3 Å². The summed E-state index contributed by atoms with van der Waals surface area (Å²) in [6.07, 6.45) is 4.02. The number of amides is 1. The third-order valence-electron chi connectivity index (χ3n) is 3.47. The van der Waals surface area contributed by atoms with E-state index >= 15 is 0 Å². The molecular formula is C15H14Cl2N2OS. The Morgan fingerprint density at radius 1 is 1.43 bits per heavy atom. The molecule has 1 N–H and O–H groups in total. The van der Waals surface area contributed by atoms with Gasteiger partial charge in [0.1, 0.15) is 4.88 Å². The first-order chi connectivity index (χ1) is 10.1. The molecule has 2 aromatic rings. The highest BCUT2D eigenvalue weighted by Gasteiger charge is 2.27. The van der Waals surface area contributed by atoms with Crippen LogP contribution in [0.25, 0.3) is 0 Å². The van der Waals surface area contributed by atoms with Gasteiger partial charge in [-0.15, -0.1) is 11.3 Å². The van der Waals surface area contributed by atoms with Crippen LogP contribution in [0.3, 0.4) is 0 Å². The topological polar surface area (TPSA) is 42.0 Å². The fourth-order valence-electron chi connectivity index (χ4n) is 2.11. The molecule has 1 saturated carbocycles. The molecule has 1 aliphatic carbocycles. The zero-order chi connectivity index (χ0) is 15.0. The molecule has 0 bridgehead atoms. The van der Waals surface area contributed by atoms with E-state index in [2.05, 4.69) is 10.3 Å². The maximum Gasteiger partial charge on any atom is 0.263 e. The van der Waals surface area contributed by atoms with Crippen molar-refractivity contribution in [1.82, 2.24) is 10.3 Å². The van der Waals surface area contributed by atoms with Gasteiger partial charge in [-0.2, -0.15) is 0 Å². The molecule has 1 amide bonds. The van der Waals surface area contributed by atoms with Crippen LogP contribution in [0.5, 0.6) is 0 Å². The van der Waals surface area contributed by atoms with Gasteiger partial charge in [0.15, 0.2) is 0 Å². The van der Waals surface area contributed by atoms with Crippen LogP contribution < -0.4 is 5.32 Å². The molecule has 0 radical (unpaired) electrons. The molecule has 1 fully saturated rings. The Balaban J connectivity index is 1.72. The molecule has 1 unspecified atom stereocenters. The number of thiazole rings is 1. The molecule has 3 rings (SSSR count). The summed E-state index contributed by atoms with van der Waals surface area (Å²) in [6.45, 7) is 1.89. The third-order valence-corrected chi connectivity index (χ3v) is 5.46. The van der Waals surface area contributed by atoms with Gasteiger partial charge in [-0.05, 0) is 31.4 Å². The van der Waals surface area contributed by atoms with E-state index in [0.717, 1.165) is 10.6 Å². The molecule has 21 heavy (non-hydrogen) atoms. The van der Waals surface area contributed by atoms with Crippen LogP contribution in [0.15, 0.2) is 24.4 Å². The van der Waals surface area contributed by atoms with E-state index in [-0.39, 0.29) is 11.9 Å². The number of hydrogen-bond donors (Lipinski definition) is 1. The molecule has 0 saturated heterocycles. The smallest absolute Gasteiger partial charge is 0.263 e. The molecule has 1 aromatic carbocycles. The van der Waals surface area contributed by atoms with Gasteiger partial charge >= 0.3 is 0 Å². The molecule has 0 spiro atoms. The summed E-state index contributed by atoms with van der Waals surface area (Å²) in [4.78, 5) is 17.2. The minimum atomic E-state index is -0.213. The lowest BCUT2D eigenvalue weighted by Gasteiger charge is -2.15. The summed E-state index contributed by atoms with van der Waals surface area (Å²) < 4.78 is 0. The molecule has 110 valence electrons. The van der Waals surface area contributed by atoms with Gasteiger partial charge < -0.3 is 5.32 Å². The van der Waals surface area contributed by atoms with Crippen molar-refractivity contribution in [2.45, 2.75) is 31.7 Å². The molecule has 1 atom stereocenters. The first-order valence-corrected chi connectivity index (χ1v) is 8.34. The van der Waals surface area contributed by atoms with E-state index in [1.54, 1.807) is 12.3 Å². The zero-order valence-electron chi connectivity index (χ0n) is 11.4. The lowest BCUT2D eigenvalue weighted by atomic mass is 10.1. The van der Waals surface area contributed by atoms with Crippen molar-refractivity contribution in [3.8, 4) is 0 Å². The number of benzene rings is 1. The van der Waals surface area contributed by atoms with Gasteiger partial charge in [-0.3, -0.25) is 4.79 Å². The summed E-state index contributed by atoms with van der Waals surface area (Å²) in [5, 5.41) is 4.98. The third kappa shape index (κ3) is 3.23. The van der Waals surface area contributed by atoms with Crippen LogP contribution in [0.4, 0.5) is 0 Å². The van der Waals surface area contributed by atoms with E-state index in [1.165, 1.54) is 24.2 Å². The second kappa shape index (κ2) is 5.95. The van der Waals surface area contributed by atoms with E-state index in [9.17, 15) is 4.79 Å². The van der Waals surface area contributed by atoms with E-state index < -0.39 is 0 Å². The molecule has 1 aliphatic rings. The van der Waals surface area contributed by atoms with Crippen LogP contribution in [0.2, 0.25) is 10.0 Å². The largest absolute Gasteiger partial charge is 0.345 e. The van der Waals surface area contributed by atoms with Gasteiger partial charge in [-0.1, -0.05) is 35.3 Å². The normalized spacial score (nSPS) is 15.8. The summed E-state index contributed by atoms with van der Waals surface area (Å²) in [5.74, 6) is 0.444. The van der Waals surface area contributed by atoms with Crippen molar-refractivity contribution in [3.63, 3.8) is 0 Å². The van der Waals surface area contributed by atoms with Crippen molar-refractivity contribution >= 4 is 40.4 Å². The predicted molar refractivity (Wildman–Crippen MR) is 86.4 cm³/mol. The Kier molecular flexibility index (Phi) is 4.20. The van der Waals surface area contributed by atoms with Crippen LogP contribution in [-0.4, -0.2) is 10.9 Å². The Hall–Kier alpha value is -1.10. The van der Waals surface area contributed by atoms with Crippen LogP contribution >= 0.6 is 34.5 Å². The summed E-state index contributed by atoms with van der Waals surface area (Å²) >= 11 is 13.7. The standard InChI is InChI=1S/C15H14Cl2N2OS/c1-8(10-3-2-4-11(16)13(10)17)19-14(20)12-7-18-15(21-12)9-5-6-9/h2-4,7-9H,5-6H2,1H3,(H,19,20). The Morgan fingerprint density at radius 2 is 2.19 bits per heavy atom. The quantitative estimate of drug-likeness (QED) is 0.866. The fourth-order valence-corrected chi connectivity index (χ4v) is 3.57. The highest BCUT2D eigenvalue weighted by molar-refractivity contribution is 7.13. The number of carbonyl (C=O) groups excluding carboxylic acids is 1. The van der Waals surface area contributed by atoms with Gasteiger partial charge in [0, 0.05) is 5.92 Å².